The molecule has 0 saturated carbocycles. The number of aliphatic imine (C=N–C) groups is 1. The van der Waals surface area contributed by atoms with E-state index in [1.165, 1.54) is 0 Å². The summed E-state index contributed by atoms with van der Waals surface area (Å²) in [6.45, 7) is 5.09. The van der Waals surface area contributed by atoms with Crippen molar-refractivity contribution in [1.29, 1.82) is 0 Å². The molecule has 19 heavy (non-hydrogen) atoms. The van der Waals surface area contributed by atoms with Crippen molar-refractivity contribution in [2.45, 2.75) is 19.9 Å². The van der Waals surface area contributed by atoms with Crippen molar-refractivity contribution in [2.24, 2.45) is 4.99 Å². The molecule has 0 saturated heterocycles. The number of guanidine groups is 1. The summed E-state index contributed by atoms with van der Waals surface area (Å²) in [7, 11) is 1.71. The lowest BCUT2D eigenvalue weighted by molar-refractivity contribution is 0.195. The summed E-state index contributed by atoms with van der Waals surface area (Å²) in [6, 6.07) is 7.75. The number of nitrogens with zero attached hydrogens (tertiary/aromatic N) is 1. The maximum absolute atomic E-state index is 5.95. The molecule has 0 fully saturated rings. The molecule has 4 nitrogen and oxygen atoms in total. The summed E-state index contributed by atoms with van der Waals surface area (Å²) in [5.41, 5.74) is 1.10. The number of hydrogen-bond acceptors (Lipinski definition) is 2. The quantitative estimate of drug-likeness (QED) is 0.459. The van der Waals surface area contributed by atoms with Gasteiger partial charge in [0.25, 0.3) is 0 Å². The highest BCUT2D eigenvalue weighted by atomic mass is 35.5. The standard InChI is InChI=1S/C14H22ClN3O/c1-3-16-14(17-8-5-9-19-2)18-11-12-6-4-7-13(15)10-12/h4,6-7,10H,3,5,8-9,11H2,1-2H3,(H2,16,17,18). The molecule has 5 heteroatoms. The SMILES string of the molecule is CCNC(=NCc1cccc(Cl)c1)NCCCOC. The largest absolute Gasteiger partial charge is 0.385 e. The Morgan fingerprint density at radius 2 is 2.21 bits per heavy atom. The number of hydrogen-bond donors (Lipinski definition) is 2. The smallest absolute Gasteiger partial charge is 0.191 e. The normalized spacial score (nSPS) is 11.4. The molecule has 0 heterocycles. The second-order valence-electron chi connectivity index (χ2n) is 4.10. The number of halogens is 1. The Morgan fingerprint density at radius 1 is 1.37 bits per heavy atom. The van der Waals surface area contributed by atoms with Crippen molar-refractivity contribution in [3.63, 3.8) is 0 Å². The fourth-order valence-corrected chi connectivity index (χ4v) is 1.78. The second kappa shape index (κ2) is 9.64. The van der Waals surface area contributed by atoms with E-state index in [1.807, 2.05) is 31.2 Å². The number of nitrogens with one attached hydrogen (secondary N) is 2. The molecule has 106 valence electrons. The molecule has 0 bridgehead atoms. The summed E-state index contributed by atoms with van der Waals surface area (Å²) < 4.78 is 5.01. The Kier molecular flexibility index (Phi) is 8.02. The molecule has 0 aliphatic carbocycles. The van der Waals surface area contributed by atoms with Crippen molar-refractivity contribution in [3.8, 4) is 0 Å². The molecule has 0 radical (unpaired) electrons. The fraction of sp³-hybridized carbons (Fsp3) is 0.500. The summed E-state index contributed by atoms with van der Waals surface area (Å²) in [6.07, 6.45) is 0.956. The molecule has 0 aliphatic rings. The maximum Gasteiger partial charge on any atom is 0.191 e. The molecule has 0 atom stereocenters. The van der Waals surface area contributed by atoms with Crippen LogP contribution in [0, 0.1) is 0 Å². The van der Waals surface area contributed by atoms with Crippen LogP contribution in [0.15, 0.2) is 29.3 Å². The summed E-state index contributed by atoms with van der Waals surface area (Å²) in [5, 5.41) is 7.22. The third-order valence-electron chi connectivity index (χ3n) is 2.47. The third-order valence-corrected chi connectivity index (χ3v) is 2.71. The minimum absolute atomic E-state index is 0.611. The molecule has 0 amide bonds. The van der Waals surface area contributed by atoms with Gasteiger partial charge in [0.2, 0.25) is 0 Å². The van der Waals surface area contributed by atoms with Gasteiger partial charge in [-0.25, -0.2) is 4.99 Å². The van der Waals surface area contributed by atoms with Crippen molar-refractivity contribution in [1.82, 2.24) is 10.6 Å². The molecule has 1 rings (SSSR count). The highest BCUT2D eigenvalue weighted by Crippen LogP contribution is 2.11. The molecule has 1 aromatic carbocycles. The van der Waals surface area contributed by atoms with Gasteiger partial charge in [0.05, 0.1) is 6.54 Å². The highest BCUT2D eigenvalue weighted by molar-refractivity contribution is 6.30. The summed E-state index contributed by atoms with van der Waals surface area (Å²) in [4.78, 5) is 4.52. The lowest BCUT2D eigenvalue weighted by Gasteiger charge is -2.11. The molecule has 0 spiro atoms. The Hall–Kier alpha value is -1.26. The number of benzene rings is 1. The van der Waals surface area contributed by atoms with Crippen molar-refractivity contribution >= 4 is 17.6 Å². The van der Waals surface area contributed by atoms with Gasteiger partial charge in [-0.05, 0) is 31.0 Å². The van der Waals surface area contributed by atoms with Crippen LogP contribution in [-0.2, 0) is 11.3 Å². The van der Waals surface area contributed by atoms with E-state index < -0.39 is 0 Å². The topological polar surface area (TPSA) is 45.7 Å². The monoisotopic (exact) mass is 283 g/mol. The van der Waals surface area contributed by atoms with E-state index in [0.29, 0.717) is 6.54 Å². The zero-order valence-corrected chi connectivity index (χ0v) is 12.3. The molecular weight excluding hydrogens is 262 g/mol. The first kappa shape index (κ1) is 15.8. The van der Waals surface area contributed by atoms with Gasteiger partial charge in [-0.2, -0.15) is 0 Å². The maximum atomic E-state index is 5.95. The lowest BCUT2D eigenvalue weighted by atomic mass is 10.2. The van der Waals surface area contributed by atoms with Gasteiger partial charge in [0, 0.05) is 31.8 Å². The summed E-state index contributed by atoms with van der Waals surface area (Å²) in [5.74, 6) is 0.818. The van der Waals surface area contributed by atoms with Gasteiger partial charge in [0.15, 0.2) is 5.96 Å². The average molecular weight is 284 g/mol. The zero-order chi connectivity index (χ0) is 13.9. The lowest BCUT2D eigenvalue weighted by Crippen LogP contribution is -2.38. The molecule has 0 unspecified atom stereocenters. The molecule has 2 N–H and O–H groups in total. The van der Waals surface area contributed by atoms with Crippen LogP contribution in [-0.4, -0.2) is 32.8 Å². The zero-order valence-electron chi connectivity index (χ0n) is 11.6. The van der Waals surface area contributed by atoms with Crippen molar-refractivity contribution in [2.75, 3.05) is 26.8 Å². The van der Waals surface area contributed by atoms with Crippen LogP contribution in [0.25, 0.3) is 0 Å². The minimum Gasteiger partial charge on any atom is -0.385 e. The van der Waals surface area contributed by atoms with E-state index in [0.717, 1.165) is 42.7 Å². The van der Waals surface area contributed by atoms with Crippen LogP contribution >= 0.6 is 11.6 Å². The van der Waals surface area contributed by atoms with Crippen LogP contribution in [0.4, 0.5) is 0 Å². The second-order valence-corrected chi connectivity index (χ2v) is 4.53. The fourth-order valence-electron chi connectivity index (χ4n) is 1.57. The van der Waals surface area contributed by atoms with Gasteiger partial charge in [-0.3, -0.25) is 0 Å². The number of methoxy groups -OCH3 is 1. The van der Waals surface area contributed by atoms with Gasteiger partial charge in [-0.15, -0.1) is 0 Å². The predicted octanol–water partition coefficient (Wildman–Crippen LogP) is 2.43. The van der Waals surface area contributed by atoms with E-state index in [1.54, 1.807) is 7.11 Å². The van der Waals surface area contributed by atoms with Crippen LogP contribution < -0.4 is 10.6 Å². The summed E-state index contributed by atoms with van der Waals surface area (Å²) >= 11 is 5.95. The van der Waals surface area contributed by atoms with E-state index in [4.69, 9.17) is 16.3 Å². The van der Waals surface area contributed by atoms with Gasteiger partial charge in [-0.1, -0.05) is 23.7 Å². The highest BCUT2D eigenvalue weighted by Gasteiger charge is 1.97. The molecule has 1 aromatic rings. The van der Waals surface area contributed by atoms with Gasteiger partial charge < -0.3 is 15.4 Å². The Morgan fingerprint density at radius 3 is 2.89 bits per heavy atom. The molecule has 0 aliphatic heterocycles. The van der Waals surface area contributed by atoms with E-state index in [9.17, 15) is 0 Å². The van der Waals surface area contributed by atoms with E-state index >= 15 is 0 Å². The first-order chi connectivity index (χ1) is 9.26. The van der Waals surface area contributed by atoms with Crippen LogP contribution in [0.3, 0.4) is 0 Å². The van der Waals surface area contributed by atoms with Crippen LogP contribution in [0.5, 0.6) is 0 Å². The predicted molar refractivity (Wildman–Crippen MR) is 80.8 cm³/mol. The van der Waals surface area contributed by atoms with E-state index in [2.05, 4.69) is 15.6 Å². The van der Waals surface area contributed by atoms with Crippen molar-refractivity contribution < 1.29 is 4.74 Å². The Balaban J connectivity index is 2.47. The Bertz CT molecular complexity index is 396. The van der Waals surface area contributed by atoms with E-state index in [-0.39, 0.29) is 0 Å². The van der Waals surface area contributed by atoms with Crippen LogP contribution in [0.2, 0.25) is 5.02 Å². The van der Waals surface area contributed by atoms with Crippen molar-refractivity contribution in [3.05, 3.63) is 34.9 Å². The van der Waals surface area contributed by atoms with Crippen LogP contribution in [0.1, 0.15) is 18.9 Å². The first-order valence-corrected chi connectivity index (χ1v) is 6.89. The number of ether oxygens (including phenoxy) is 1. The first-order valence-electron chi connectivity index (χ1n) is 6.51. The Labute approximate surface area is 120 Å². The average Bonchev–Trinajstić information content (AvgIpc) is 2.41. The van der Waals surface area contributed by atoms with Gasteiger partial charge in [0.1, 0.15) is 0 Å². The molecular formula is C14H22ClN3O. The molecule has 0 aromatic heterocycles. The number of rotatable bonds is 7. The van der Waals surface area contributed by atoms with Gasteiger partial charge >= 0.3 is 0 Å². The third kappa shape index (κ3) is 7.03. The minimum atomic E-state index is 0.611.